The second-order valence-corrected chi connectivity index (χ2v) is 6.98. The molecule has 0 unspecified atom stereocenters. The summed E-state index contributed by atoms with van der Waals surface area (Å²) >= 11 is 14.9. The molecule has 1 aliphatic heterocycles. The Kier molecular flexibility index (Phi) is 5.21. The Labute approximate surface area is 137 Å². The third-order valence-corrected chi connectivity index (χ3v) is 4.27. The molecular formula is C14H16BrCl2NO2. The number of rotatable bonds is 3. The average Bonchev–Trinajstić information content (AvgIpc) is 2.36. The summed E-state index contributed by atoms with van der Waals surface area (Å²) in [5.41, 5.74) is 1.94. The van der Waals surface area contributed by atoms with Crippen molar-refractivity contribution in [1.82, 2.24) is 0 Å². The lowest BCUT2D eigenvalue weighted by molar-refractivity contribution is -0.117. The van der Waals surface area contributed by atoms with Gasteiger partial charge in [-0.3, -0.25) is 4.79 Å². The quantitative estimate of drug-likeness (QED) is 0.730. The first-order valence-corrected chi connectivity index (χ1v) is 8.10. The van der Waals surface area contributed by atoms with E-state index in [1.807, 2.05) is 17.0 Å². The van der Waals surface area contributed by atoms with Crippen LogP contribution in [0.5, 0.6) is 5.75 Å². The molecule has 2 rings (SSSR count). The normalized spacial score (nSPS) is 18.1. The molecule has 1 amide bonds. The van der Waals surface area contributed by atoms with E-state index in [-0.39, 0.29) is 18.6 Å². The van der Waals surface area contributed by atoms with E-state index in [1.54, 1.807) is 6.92 Å². The zero-order valence-corrected chi connectivity index (χ0v) is 14.4. The van der Waals surface area contributed by atoms with Gasteiger partial charge in [0.15, 0.2) is 0 Å². The molecule has 0 fully saturated rings. The molecule has 1 aliphatic rings. The number of hydrogen-bond acceptors (Lipinski definition) is 2. The molecule has 1 atom stereocenters. The zero-order chi connectivity index (χ0) is 14.9. The van der Waals surface area contributed by atoms with Crippen LogP contribution in [0.2, 0.25) is 0 Å². The smallest absolute Gasteiger partial charge is 0.224 e. The highest BCUT2D eigenvalue weighted by atomic mass is 79.9. The highest BCUT2D eigenvalue weighted by Gasteiger charge is 2.29. The fraction of sp³-hybridized carbons (Fsp3) is 0.500. The molecule has 110 valence electrons. The summed E-state index contributed by atoms with van der Waals surface area (Å²) in [5, 5.41) is 0. The van der Waals surface area contributed by atoms with Gasteiger partial charge in [-0.05, 0) is 47.8 Å². The van der Waals surface area contributed by atoms with Gasteiger partial charge in [0.2, 0.25) is 5.91 Å². The van der Waals surface area contributed by atoms with Gasteiger partial charge in [0.1, 0.15) is 17.2 Å². The predicted octanol–water partition coefficient (Wildman–Crippen LogP) is 4.32. The molecule has 0 saturated heterocycles. The molecule has 0 saturated carbocycles. The first-order chi connectivity index (χ1) is 9.41. The molecule has 1 aromatic carbocycles. The van der Waals surface area contributed by atoms with Gasteiger partial charge in [-0.25, -0.2) is 0 Å². The van der Waals surface area contributed by atoms with Crippen LogP contribution in [0.3, 0.4) is 0 Å². The van der Waals surface area contributed by atoms with Crippen LogP contribution in [0, 0.1) is 0 Å². The van der Waals surface area contributed by atoms with Gasteiger partial charge in [-0.2, -0.15) is 0 Å². The lowest BCUT2D eigenvalue weighted by Gasteiger charge is -2.35. The third-order valence-electron chi connectivity index (χ3n) is 3.39. The summed E-state index contributed by atoms with van der Waals surface area (Å²) in [4.78, 5) is 13.1. The molecule has 3 nitrogen and oxygen atoms in total. The van der Waals surface area contributed by atoms with Crippen LogP contribution < -0.4 is 9.64 Å². The van der Waals surface area contributed by atoms with E-state index in [4.69, 9.17) is 27.9 Å². The molecule has 0 aliphatic carbocycles. The minimum absolute atomic E-state index is 0.0410. The molecule has 0 spiro atoms. The Bertz CT molecular complexity index is 522. The van der Waals surface area contributed by atoms with E-state index in [0.29, 0.717) is 0 Å². The monoisotopic (exact) mass is 379 g/mol. The fourth-order valence-electron chi connectivity index (χ4n) is 2.56. The highest BCUT2D eigenvalue weighted by Crippen LogP contribution is 2.41. The van der Waals surface area contributed by atoms with Crippen molar-refractivity contribution in [2.24, 2.45) is 0 Å². The summed E-state index contributed by atoms with van der Waals surface area (Å²) in [5.74, 6) is 0.770. The number of alkyl halides is 2. The summed E-state index contributed by atoms with van der Waals surface area (Å²) in [6, 6.07) is 4.03. The summed E-state index contributed by atoms with van der Waals surface area (Å²) < 4.78 is 6.56. The van der Waals surface area contributed by atoms with Crippen molar-refractivity contribution in [3.63, 3.8) is 0 Å². The molecule has 0 N–H and O–H groups in total. The van der Waals surface area contributed by atoms with E-state index in [0.717, 1.165) is 34.3 Å². The molecule has 0 bridgehead atoms. The van der Waals surface area contributed by atoms with Crippen LogP contribution in [0.25, 0.3) is 0 Å². The van der Waals surface area contributed by atoms with Crippen LogP contribution in [0.15, 0.2) is 16.6 Å². The van der Waals surface area contributed by atoms with Crippen LogP contribution >= 0.6 is 39.1 Å². The van der Waals surface area contributed by atoms with Gasteiger partial charge in [-0.1, -0.05) is 0 Å². The zero-order valence-electron chi connectivity index (χ0n) is 11.3. The second-order valence-electron chi connectivity index (χ2n) is 4.85. The number of anilines is 1. The van der Waals surface area contributed by atoms with Crippen LogP contribution in [-0.4, -0.2) is 23.4 Å². The number of halogens is 3. The molecule has 6 heteroatoms. The van der Waals surface area contributed by atoms with Crippen molar-refractivity contribution in [1.29, 1.82) is 0 Å². The van der Waals surface area contributed by atoms with E-state index in [1.165, 1.54) is 0 Å². The van der Waals surface area contributed by atoms with Crippen molar-refractivity contribution in [3.05, 3.63) is 22.2 Å². The van der Waals surface area contributed by atoms with E-state index in [2.05, 4.69) is 22.9 Å². The lowest BCUT2D eigenvalue weighted by atomic mass is 9.95. The number of benzene rings is 1. The number of nitrogens with zero attached hydrogens (tertiary/aromatic N) is 1. The molecule has 1 aromatic rings. The van der Waals surface area contributed by atoms with E-state index < -0.39 is 4.84 Å². The Morgan fingerprint density at radius 3 is 2.85 bits per heavy atom. The number of carbonyl (C=O) groups is 1. The van der Waals surface area contributed by atoms with Gasteiger partial charge < -0.3 is 9.64 Å². The Balaban J connectivity index is 2.43. The molecule has 0 aromatic heterocycles. The lowest BCUT2D eigenvalue weighted by Crippen LogP contribution is -2.40. The molecular weight excluding hydrogens is 365 g/mol. The van der Waals surface area contributed by atoms with Gasteiger partial charge >= 0.3 is 0 Å². The second kappa shape index (κ2) is 6.54. The minimum Gasteiger partial charge on any atom is -0.489 e. The van der Waals surface area contributed by atoms with E-state index in [9.17, 15) is 4.79 Å². The highest BCUT2D eigenvalue weighted by molar-refractivity contribution is 9.10. The fourth-order valence-corrected chi connectivity index (χ4v) is 3.17. The number of hydrogen-bond donors (Lipinski definition) is 0. The topological polar surface area (TPSA) is 29.5 Å². The molecule has 1 heterocycles. The van der Waals surface area contributed by atoms with Crippen molar-refractivity contribution >= 4 is 50.7 Å². The van der Waals surface area contributed by atoms with Gasteiger partial charge in [0, 0.05) is 18.5 Å². The summed E-state index contributed by atoms with van der Waals surface area (Å²) in [6.07, 6.45) is 1.77. The van der Waals surface area contributed by atoms with Crippen LogP contribution in [-0.2, 0) is 11.2 Å². The summed E-state index contributed by atoms with van der Waals surface area (Å²) in [7, 11) is 0. The van der Waals surface area contributed by atoms with Crippen molar-refractivity contribution < 1.29 is 9.53 Å². The third kappa shape index (κ3) is 3.23. The van der Waals surface area contributed by atoms with Crippen molar-refractivity contribution in [3.8, 4) is 5.75 Å². The van der Waals surface area contributed by atoms with Gasteiger partial charge in [-0.15, -0.1) is 23.2 Å². The largest absolute Gasteiger partial charge is 0.489 e. The Morgan fingerprint density at radius 1 is 1.55 bits per heavy atom. The SMILES string of the molecule is CC(=O)N1c2ccc(Br)c(OCC(Cl)Cl)c2CC[C@@H]1C. The van der Waals surface area contributed by atoms with Crippen molar-refractivity contribution in [2.75, 3.05) is 11.5 Å². The summed E-state index contributed by atoms with van der Waals surface area (Å²) in [6.45, 7) is 3.86. The van der Waals surface area contributed by atoms with Gasteiger partial charge in [0.05, 0.1) is 10.2 Å². The average molecular weight is 381 g/mol. The number of carbonyl (C=O) groups excluding carboxylic acids is 1. The maximum absolute atomic E-state index is 11.9. The van der Waals surface area contributed by atoms with Crippen LogP contribution in [0.1, 0.15) is 25.8 Å². The Hall–Kier alpha value is -0.450. The molecule has 20 heavy (non-hydrogen) atoms. The first-order valence-electron chi connectivity index (χ1n) is 6.44. The molecule has 0 radical (unpaired) electrons. The van der Waals surface area contributed by atoms with E-state index >= 15 is 0 Å². The number of fused-ring (bicyclic) bond motifs is 1. The van der Waals surface area contributed by atoms with Crippen molar-refractivity contribution in [2.45, 2.75) is 37.6 Å². The standard InChI is InChI=1S/C14H16BrCl2NO2/c1-8-3-4-10-12(18(8)9(2)19)6-5-11(15)14(10)20-7-13(16)17/h5-6,8,13H,3-4,7H2,1-2H3/t8-/m0/s1. The van der Waals surface area contributed by atoms with Crippen LogP contribution in [0.4, 0.5) is 5.69 Å². The number of amides is 1. The first kappa shape index (κ1) is 15.9. The maximum Gasteiger partial charge on any atom is 0.224 e. The maximum atomic E-state index is 11.9. The minimum atomic E-state index is -0.579. The predicted molar refractivity (Wildman–Crippen MR) is 86.1 cm³/mol. The van der Waals surface area contributed by atoms with Gasteiger partial charge in [0.25, 0.3) is 0 Å². The Morgan fingerprint density at radius 2 is 2.25 bits per heavy atom. The number of ether oxygens (including phenoxy) is 1.